The molecule has 5 aromatic rings. The fourth-order valence-electron chi connectivity index (χ4n) is 3.98. The molecule has 1 amide bonds. The Balaban J connectivity index is 1.38. The van der Waals surface area contributed by atoms with Gasteiger partial charge in [0.25, 0.3) is 5.91 Å². The number of hydrogen-bond acceptors (Lipinski definition) is 3. The maximum absolute atomic E-state index is 13.0. The summed E-state index contributed by atoms with van der Waals surface area (Å²) in [6.07, 6.45) is 0.818. The molecular weight excluding hydrogens is 410 g/mol. The van der Waals surface area contributed by atoms with Gasteiger partial charge in [-0.25, -0.2) is 0 Å². The normalized spacial score (nSPS) is 10.9. The first-order valence-electron chi connectivity index (χ1n) is 10.9. The third kappa shape index (κ3) is 4.51. The average molecular weight is 434 g/mol. The molecule has 4 heteroatoms. The van der Waals surface area contributed by atoms with E-state index in [1.54, 1.807) is 12.1 Å². The van der Waals surface area contributed by atoms with Crippen LogP contribution in [-0.4, -0.2) is 17.6 Å². The molecular formula is C29H23NO3. The van der Waals surface area contributed by atoms with Crippen LogP contribution in [0.25, 0.3) is 21.5 Å². The van der Waals surface area contributed by atoms with Crippen LogP contribution in [0.15, 0.2) is 103 Å². The minimum absolute atomic E-state index is 0.0450. The number of nitrogens with one attached hydrogen (secondary N) is 1. The molecule has 0 unspecified atom stereocenters. The highest BCUT2D eigenvalue weighted by Gasteiger charge is 2.14. The van der Waals surface area contributed by atoms with Crippen LogP contribution >= 0.6 is 0 Å². The van der Waals surface area contributed by atoms with Crippen molar-refractivity contribution in [2.45, 2.75) is 6.42 Å². The summed E-state index contributed by atoms with van der Waals surface area (Å²) in [6, 6.07) is 32.8. The van der Waals surface area contributed by atoms with Gasteiger partial charge in [-0.2, -0.15) is 0 Å². The largest absolute Gasteiger partial charge is 0.507 e. The molecule has 0 aliphatic carbocycles. The lowest BCUT2D eigenvalue weighted by Gasteiger charge is -2.12. The van der Waals surface area contributed by atoms with E-state index in [0.29, 0.717) is 12.3 Å². The molecule has 4 nitrogen and oxygen atoms in total. The number of anilines is 1. The third-order valence-corrected chi connectivity index (χ3v) is 5.71. The highest BCUT2D eigenvalue weighted by atomic mass is 16.5. The maximum atomic E-state index is 13.0. The van der Waals surface area contributed by atoms with E-state index in [0.717, 1.165) is 33.7 Å². The molecule has 0 aliphatic heterocycles. The summed E-state index contributed by atoms with van der Waals surface area (Å²) in [6.45, 7) is 0.564. The van der Waals surface area contributed by atoms with Crippen LogP contribution in [0.2, 0.25) is 0 Å². The van der Waals surface area contributed by atoms with Crippen molar-refractivity contribution < 1.29 is 14.6 Å². The van der Waals surface area contributed by atoms with Crippen LogP contribution in [-0.2, 0) is 6.42 Å². The van der Waals surface area contributed by atoms with Gasteiger partial charge in [0.05, 0.1) is 12.2 Å². The summed E-state index contributed by atoms with van der Waals surface area (Å²) in [5, 5.41) is 17.0. The van der Waals surface area contributed by atoms with Crippen molar-refractivity contribution >= 4 is 33.1 Å². The van der Waals surface area contributed by atoms with Gasteiger partial charge in [0.1, 0.15) is 11.5 Å². The fraction of sp³-hybridized carbons (Fsp3) is 0.0690. The first-order chi connectivity index (χ1) is 16.2. The Labute approximate surface area is 192 Å². The summed E-state index contributed by atoms with van der Waals surface area (Å²) in [4.78, 5) is 13.0. The number of amides is 1. The third-order valence-electron chi connectivity index (χ3n) is 5.71. The SMILES string of the molecule is O=C(Nc1cccc2ccc(OCCc3ccccc3)cc12)c1cc2ccccc2cc1O. The molecule has 0 aliphatic rings. The summed E-state index contributed by atoms with van der Waals surface area (Å²) in [5.74, 6) is 0.339. The van der Waals surface area contributed by atoms with E-state index in [4.69, 9.17) is 4.74 Å². The van der Waals surface area contributed by atoms with E-state index in [9.17, 15) is 9.90 Å². The Kier molecular flexibility index (Phi) is 5.64. The molecule has 2 N–H and O–H groups in total. The van der Waals surface area contributed by atoms with Gasteiger partial charge in [0.15, 0.2) is 0 Å². The van der Waals surface area contributed by atoms with Gasteiger partial charge in [0.2, 0.25) is 0 Å². The van der Waals surface area contributed by atoms with Crippen molar-refractivity contribution in [3.8, 4) is 11.5 Å². The van der Waals surface area contributed by atoms with Gasteiger partial charge < -0.3 is 15.2 Å². The Morgan fingerprint density at radius 3 is 2.30 bits per heavy atom. The molecule has 0 aromatic heterocycles. The number of benzene rings is 5. The van der Waals surface area contributed by atoms with E-state index in [1.807, 2.05) is 78.9 Å². The molecule has 5 rings (SSSR count). The molecule has 0 fully saturated rings. The van der Waals surface area contributed by atoms with Crippen molar-refractivity contribution in [2.75, 3.05) is 11.9 Å². The molecule has 0 spiro atoms. The number of aromatic hydroxyl groups is 1. The zero-order valence-corrected chi connectivity index (χ0v) is 18.0. The molecule has 0 bridgehead atoms. The average Bonchev–Trinajstić information content (AvgIpc) is 2.84. The monoisotopic (exact) mass is 433 g/mol. The number of ether oxygens (including phenoxy) is 1. The zero-order valence-electron chi connectivity index (χ0n) is 18.0. The van der Waals surface area contributed by atoms with Crippen molar-refractivity contribution in [3.63, 3.8) is 0 Å². The second-order valence-electron chi connectivity index (χ2n) is 7.94. The second-order valence-corrected chi connectivity index (χ2v) is 7.94. The number of carbonyl (C=O) groups excluding carboxylic acids is 1. The minimum Gasteiger partial charge on any atom is -0.507 e. The van der Waals surface area contributed by atoms with E-state index in [2.05, 4.69) is 17.4 Å². The molecule has 5 aromatic carbocycles. The predicted molar refractivity (Wildman–Crippen MR) is 133 cm³/mol. The van der Waals surface area contributed by atoms with E-state index >= 15 is 0 Å². The first kappa shape index (κ1) is 20.6. The number of carbonyl (C=O) groups is 1. The van der Waals surface area contributed by atoms with Gasteiger partial charge >= 0.3 is 0 Å². The second kappa shape index (κ2) is 9.05. The van der Waals surface area contributed by atoms with Gasteiger partial charge in [-0.3, -0.25) is 4.79 Å². The highest BCUT2D eigenvalue weighted by molar-refractivity contribution is 6.12. The van der Waals surface area contributed by atoms with Gasteiger partial charge in [-0.1, -0.05) is 72.8 Å². The Bertz CT molecular complexity index is 1440. The number of fused-ring (bicyclic) bond motifs is 2. The molecule has 0 atom stereocenters. The van der Waals surface area contributed by atoms with Crippen molar-refractivity contribution in [1.82, 2.24) is 0 Å². The molecule has 0 saturated carbocycles. The quantitative estimate of drug-likeness (QED) is 0.318. The molecule has 33 heavy (non-hydrogen) atoms. The van der Waals surface area contributed by atoms with Gasteiger partial charge in [-0.15, -0.1) is 0 Å². The summed E-state index contributed by atoms with van der Waals surface area (Å²) >= 11 is 0. The van der Waals surface area contributed by atoms with Crippen LogP contribution in [0.1, 0.15) is 15.9 Å². The number of rotatable bonds is 6. The van der Waals surface area contributed by atoms with Crippen LogP contribution < -0.4 is 10.1 Å². The lowest BCUT2D eigenvalue weighted by atomic mass is 10.0. The lowest BCUT2D eigenvalue weighted by Crippen LogP contribution is -2.12. The Morgan fingerprint density at radius 1 is 0.758 bits per heavy atom. The molecule has 162 valence electrons. The zero-order chi connectivity index (χ0) is 22.6. The molecule has 0 saturated heterocycles. The van der Waals surface area contributed by atoms with Crippen molar-refractivity contribution in [2.24, 2.45) is 0 Å². The number of phenolic OH excluding ortho intramolecular Hbond substituents is 1. The van der Waals surface area contributed by atoms with Crippen molar-refractivity contribution in [3.05, 3.63) is 114 Å². The predicted octanol–water partition coefficient (Wildman–Crippen LogP) is 6.57. The van der Waals surface area contributed by atoms with E-state index in [1.165, 1.54) is 5.56 Å². The number of phenols is 1. The van der Waals surface area contributed by atoms with Gasteiger partial charge in [-0.05, 0) is 52.1 Å². The fourth-order valence-corrected chi connectivity index (χ4v) is 3.98. The van der Waals surface area contributed by atoms with E-state index in [-0.39, 0.29) is 17.2 Å². The Morgan fingerprint density at radius 2 is 1.48 bits per heavy atom. The standard InChI is InChI=1S/C29H23NO3/c31-28-18-23-10-5-4-9-22(23)17-26(28)29(32)30-27-12-6-11-21-13-14-24(19-25(21)27)33-16-15-20-7-2-1-3-8-20/h1-14,17-19,31H,15-16H2,(H,30,32). The summed E-state index contributed by atoms with van der Waals surface area (Å²) in [5.41, 5.74) is 2.13. The number of hydrogen-bond donors (Lipinski definition) is 2. The smallest absolute Gasteiger partial charge is 0.259 e. The van der Waals surface area contributed by atoms with Gasteiger partial charge in [0, 0.05) is 17.5 Å². The minimum atomic E-state index is -0.360. The topological polar surface area (TPSA) is 58.6 Å². The first-order valence-corrected chi connectivity index (χ1v) is 10.9. The van der Waals surface area contributed by atoms with Crippen LogP contribution in [0.3, 0.4) is 0 Å². The summed E-state index contributed by atoms with van der Waals surface area (Å²) < 4.78 is 5.98. The van der Waals surface area contributed by atoms with E-state index < -0.39 is 0 Å². The van der Waals surface area contributed by atoms with Crippen LogP contribution in [0, 0.1) is 0 Å². The molecule has 0 heterocycles. The highest BCUT2D eigenvalue weighted by Crippen LogP contribution is 2.30. The summed E-state index contributed by atoms with van der Waals surface area (Å²) in [7, 11) is 0. The molecule has 0 radical (unpaired) electrons. The lowest BCUT2D eigenvalue weighted by molar-refractivity contribution is 0.102. The van der Waals surface area contributed by atoms with Crippen molar-refractivity contribution in [1.29, 1.82) is 0 Å². The van der Waals surface area contributed by atoms with Crippen LogP contribution in [0.5, 0.6) is 11.5 Å². The maximum Gasteiger partial charge on any atom is 0.259 e. The van der Waals surface area contributed by atoms with Crippen LogP contribution in [0.4, 0.5) is 5.69 Å². The Hall–Kier alpha value is -4.31.